The Labute approximate surface area is 132 Å². The number of morpholine rings is 1. The molecule has 1 aliphatic heterocycles. The van der Waals surface area contributed by atoms with Gasteiger partial charge in [0.15, 0.2) is 0 Å². The summed E-state index contributed by atoms with van der Waals surface area (Å²) in [6, 6.07) is 3.42. The quantitative estimate of drug-likeness (QED) is 0.833. The van der Waals surface area contributed by atoms with E-state index >= 15 is 0 Å². The number of sulfonamides is 1. The molecular weight excluding hydrogens is 340 g/mol. The molecule has 1 aromatic carbocycles. The van der Waals surface area contributed by atoms with Gasteiger partial charge in [-0.25, -0.2) is 8.42 Å². The zero-order valence-electron chi connectivity index (χ0n) is 12.1. The first-order valence-electron chi connectivity index (χ1n) is 6.50. The summed E-state index contributed by atoms with van der Waals surface area (Å²) in [6.07, 6.45) is 0. The molecule has 1 saturated heterocycles. The van der Waals surface area contributed by atoms with E-state index in [4.69, 9.17) is 16.3 Å². The Bertz CT molecular complexity index is 651. The molecule has 1 aliphatic rings. The van der Waals surface area contributed by atoms with Crippen LogP contribution in [0, 0.1) is 0 Å². The van der Waals surface area contributed by atoms with Crippen molar-refractivity contribution in [1.82, 2.24) is 4.31 Å². The molecule has 1 aromatic rings. The number of rotatable bonds is 4. The average molecular weight is 356 g/mol. The molecule has 9 heteroatoms. The summed E-state index contributed by atoms with van der Waals surface area (Å²) in [5.41, 5.74) is -0.589. The highest BCUT2D eigenvalue weighted by Crippen LogP contribution is 2.31. The fourth-order valence-corrected chi connectivity index (χ4v) is 4.05. The smallest absolute Gasteiger partial charge is 0.387 e. The van der Waals surface area contributed by atoms with E-state index in [0.717, 1.165) is 12.1 Å². The van der Waals surface area contributed by atoms with Crippen LogP contribution in [-0.4, -0.2) is 44.6 Å². The van der Waals surface area contributed by atoms with Crippen LogP contribution in [0.4, 0.5) is 8.78 Å². The van der Waals surface area contributed by atoms with Crippen LogP contribution in [0.1, 0.15) is 13.8 Å². The van der Waals surface area contributed by atoms with Gasteiger partial charge in [-0.05, 0) is 32.0 Å². The zero-order chi connectivity index (χ0) is 16.5. The summed E-state index contributed by atoms with van der Waals surface area (Å²) in [7, 11) is -3.77. The molecule has 0 N–H and O–H groups in total. The lowest BCUT2D eigenvalue weighted by Crippen LogP contribution is -2.50. The van der Waals surface area contributed by atoms with Gasteiger partial charge in [0.2, 0.25) is 10.0 Å². The predicted molar refractivity (Wildman–Crippen MR) is 76.9 cm³/mol. The van der Waals surface area contributed by atoms with Crippen molar-refractivity contribution in [2.45, 2.75) is 31.0 Å². The Balaban J connectivity index is 2.28. The third-order valence-corrected chi connectivity index (χ3v) is 5.28. The molecule has 0 bridgehead atoms. The number of ether oxygens (including phenoxy) is 2. The SMILES string of the molecule is CC1(C)CN(S(=O)(=O)c2ccc(OC(F)F)c(Cl)c2)CCO1. The first-order valence-corrected chi connectivity index (χ1v) is 8.32. The summed E-state index contributed by atoms with van der Waals surface area (Å²) in [6.45, 7) is 1.26. The Morgan fingerprint density at radius 1 is 1.41 bits per heavy atom. The zero-order valence-corrected chi connectivity index (χ0v) is 13.6. The first kappa shape index (κ1) is 17.4. The molecule has 5 nitrogen and oxygen atoms in total. The van der Waals surface area contributed by atoms with Crippen LogP contribution >= 0.6 is 11.6 Å². The third-order valence-electron chi connectivity index (χ3n) is 3.15. The maximum atomic E-state index is 12.6. The van der Waals surface area contributed by atoms with Gasteiger partial charge in [-0.1, -0.05) is 11.6 Å². The molecule has 0 radical (unpaired) electrons. The normalized spacial score (nSPS) is 19.4. The van der Waals surface area contributed by atoms with E-state index in [1.165, 1.54) is 10.4 Å². The van der Waals surface area contributed by atoms with Crippen molar-refractivity contribution in [3.8, 4) is 5.75 Å². The van der Waals surface area contributed by atoms with Gasteiger partial charge in [0, 0.05) is 13.1 Å². The molecule has 0 aliphatic carbocycles. The van der Waals surface area contributed by atoms with Crippen molar-refractivity contribution in [2.75, 3.05) is 19.7 Å². The van der Waals surface area contributed by atoms with Crippen molar-refractivity contribution >= 4 is 21.6 Å². The number of alkyl halides is 2. The molecule has 0 aromatic heterocycles. The fourth-order valence-electron chi connectivity index (χ4n) is 2.16. The molecular formula is C13H16ClF2NO4S. The molecule has 1 fully saturated rings. The van der Waals surface area contributed by atoms with E-state index in [2.05, 4.69) is 4.74 Å². The minimum Gasteiger partial charge on any atom is -0.433 e. The second-order valence-electron chi connectivity index (χ2n) is 5.42. The van der Waals surface area contributed by atoms with Crippen LogP contribution in [0.25, 0.3) is 0 Å². The van der Waals surface area contributed by atoms with Crippen molar-refractivity contribution in [3.63, 3.8) is 0 Å². The largest absolute Gasteiger partial charge is 0.433 e. The van der Waals surface area contributed by atoms with Crippen molar-refractivity contribution < 1.29 is 26.7 Å². The summed E-state index contributed by atoms with van der Waals surface area (Å²) in [5, 5.41) is -0.186. The van der Waals surface area contributed by atoms with E-state index in [1.807, 2.05) is 0 Å². The Morgan fingerprint density at radius 3 is 2.64 bits per heavy atom. The monoisotopic (exact) mass is 355 g/mol. The minimum absolute atomic E-state index is 0.0724. The second kappa shape index (κ2) is 6.27. The van der Waals surface area contributed by atoms with Crippen LogP contribution in [-0.2, 0) is 14.8 Å². The first-order chi connectivity index (χ1) is 10.1. The lowest BCUT2D eigenvalue weighted by molar-refractivity contribution is -0.0640. The maximum Gasteiger partial charge on any atom is 0.387 e. The highest BCUT2D eigenvalue weighted by Gasteiger charge is 2.35. The molecule has 0 atom stereocenters. The topological polar surface area (TPSA) is 55.8 Å². The maximum absolute atomic E-state index is 12.6. The Hall–Kier alpha value is -0.960. The predicted octanol–water partition coefficient (Wildman–Crippen LogP) is 2.74. The van der Waals surface area contributed by atoms with Crippen LogP contribution in [0.2, 0.25) is 5.02 Å². The van der Waals surface area contributed by atoms with Crippen molar-refractivity contribution in [3.05, 3.63) is 23.2 Å². The minimum atomic E-state index is -3.77. The number of hydrogen-bond acceptors (Lipinski definition) is 4. The fraction of sp³-hybridized carbons (Fsp3) is 0.538. The molecule has 1 heterocycles. The molecule has 0 saturated carbocycles. The van der Waals surface area contributed by atoms with E-state index in [1.54, 1.807) is 13.8 Å². The van der Waals surface area contributed by atoms with Gasteiger partial charge in [0.25, 0.3) is 0 Å². The highest BCUT2D eigenvalue weighted by atomic mass is 35.5. The Morgan fingerprint density at radius 2 is 2.09 bits per heavy atom. The summed E-state index contributed by atoms with van der Waals surface area (Å²) in [5.74, 6) is -0.266. The number of halogens is 3. The molecule has 22 heavy (non-hydrogen) atoms. The van der Waals surface area contributed by atoms with Crippen LogP contribution in [0.3, 0.4) is 0 Å². The molecule has 0 spiro atoms. The number of nitrogens with zero attached hydrogens (tertiary/aromatic N) is 1. The van der Waals surface area contributed by atoms with Crippen molar-refractivity contribution in [2.24, 2.45) is 0 Å². The summed E-state index contributed by atoms with van der Waals surface area (Å²) in [4.78, 5) is -0.0724. The van der Waals surface area contributed by atoms with E-state index in [0.29, 0.717) is 0 Å². The van der Waals surface area contributed by atoms with Crippen LogP contribution < -0.4 is 4.74 Å². The second-order valence-corrected chi connectivity index (χ2v) is 7.76. The number of hydrogen-bond donors (Lipinski definition) is 0. The van der Waals surface area contributed by atoms with Gasteiger partial charge in [-0.15, -0.1) is 0 Å². The van der Waals surface area contributed by atoms with Crippen LogP contribution in [0.15, 0.2) is 23.1 Å². The average Bonchev–Trinajstić information content (AvgIpc) is 2.39. The summed E-state index contributed by atoms with van der Waals surface area (Å²) < 4.78 is 60.5. The lowest BCUT2D eigenvalue weighted by Gasteiger charge is -2.37. The third kappa shape index (κ3) is 3.87. The van der Waals surface area contributed by atoms with Crippen LogP contribution in [0.5, 0.6) is 5.75 Å². The molecule has 0 unspecified atom stereocenters. The summed E-state index contributed by atoms with van der Waals surface area (Å²) >= 11 is 5.81. The molecule has 0 amide bonds. The molecule has 2 rings (SSSR count). The van der Waals surface area contributed by atoms with Gasteiger partial charge in [0.05, 0.1) is 22.1 Å². The van der Waals surface area contributed by atoms with Gasteiger partial charge in [0.1, 0.15) is 5.75 Å². The Kier molecular flexibility index (Phi) is 4.96. The van der Waals surface area contributed by atoms with Gasteiger partial charge in [-0.3, -0.25) is 0 Å². The van der Waals surface area contributed by atoms with E-state index in [-0.39, 0.29) is 35.4 Å². The number of benzene rings is 1. The van der Waals surface area contributed by atoms with Gasteiger partial charge in [-0.2, -0.15) is 13.1 Å². The molecule has 124 valence electrons. The van der Waals surface area contributed by atoms with Gasteiger partial charge < -0.3 is 9.47 Å². The van der Waals surface area contributed by atoms with E-state index in [9.17, 15) is 17.2 Å². The van der Waals surface area contributed by atoms with E-state index < -0.39 is 22.2 Å². The van der Waals surface area contributed by atoms with Crippen molar-refractivity contribution in [1.29, 1.82) is 0 Å². The standard InChI is InChI=1S/C13H16ClF2NO4S/c1-13(2)8-17(5-6-20-13)22(18,19)9-3-4-11(10(14)7-9)21-12(15)16/h3-4,7,12H,5-6,8H2,1-2H3. The van der Waals surface area contributed by atoms with Gasteiger partial charge >= 0.3 is 6.61 Å². The highest BCUT2D eigenvalue weighted by molar-refractivity contribution is 7.89. The lowest BCUT2D eigenvalue weighted by atomic mass is 10.1.